The van der Waals surface area contributed by atoms with Gasteiger partial charge >= 0.3 is 6.29 Å². The van der Waals surface area contributed by atoms with Crippen LogP contribution in [0.25, 0.3) is 0 Å². The van der Waals surface area contributed by atoms with Gasteiger partial charge in [-0.25, -0.2) is 0 Å². The molecule has 0 unspecified atom stereocenters. The van der Waals surface area contributed by atoms with Gasteiger partial charge < -0.3 is 14.9 Å². The summed E-state index contributed by atoms with van der Waals surface area (Å²) in [6.07, 6.45) is -3.62. The molecule has 1 aromatic rings. The summed E-state index contributed by atoms with van der Waals surface area (Å²) in [7, 11) is 0. The maximum atomic E-state index is 13.3. The maximum Gasteiger partial charge on any atom is 0.535 e. The van der Waals surface area contributed by atoms with Gasteiger partial charge in [-0.15, -0.1) is 8.78 Å². The number of alkyl halides is 2. The van der Waals surface area contributed by atoms with Crippen LogP contribution < -0.4 is 4.74 Å². The lowest BCUT2D eigenvalue weighted by atomic mass is 10.2. The van der Waals surface area contributed by atoms with Crippen molar-refractivity contribution in [3.63, 3.8) is 0 Å². The molecule has 1 saturated carbocycles. The van der Waals surface area contributed by atoms with Crippen LogP contribution in [-0.4, -0.2) is 23.1 Å². The zero-order chi connectivity index (χ0) is 13.2. The van der Waals surface area contributed by atoms with Gasteiger partial charge in [-0.3, -0.25) is 4.74 Å². The first-order valence-corrected chi connectivity index (χ1v) is 5.63. The van der Waals surface area contributed by atoms with Crippen LogP contribution in [0.4, 0.5) is 8.78 Å². The summed E-state index contributed by atoms with van der Waals surface area (Å²) in [5.74, 6) is 0.0199. The van der Waals surface area contributed by atoms with Crippen LogP contribution in [0.3, 0.4) is 0 Å². The van der Waals surface area contributed by atoms with E-state index in [1.54, 1.807) is 0 Å². The lowest BCUT2D eigenvalue weighted by Crippen LogP contribution is -2.29. The van der Waals surface area contributed by atoms with Crippen LogP contribution in [0.5, 0.6) is 5.75 Å². The average Bonchev–Trinajstić information content (AvgIpc) is 3.10. The molecule has 0 atom stereocenters. The minimum Gasteiger partial charge on any atom is -0.409 e. The lowest BCUT2D eigenvalue weighted by molar-refractivity contribution is -0.354. The van der Waals surface area contributed by atoms with E-state index in [2.05, 4.69) is 9.47 Å². The zero-order valence-electron chi connectivity index (χ0n) is 9.55. The molecule has 1 aliphatic carbocycles. The molecule has 1 fully saturated rings. The molecule has 6 heteroatoms. The fraction of sp³-hybridized carbons (Fsp3) is 0.500. The Hall–Kier alpha value is -1.24. The maximum absolute atomic E-state index is 13.3. The van der Waals surface area contributed by atoms with E-state index < -0.39 is 12.6 Å². The summed E-state index contributed by atoms with van der Waals surface area (Å²) >= 11 is 0. The minimum absolute atomic E-state index is 0.0324. The summed E-state index contributed by atoms with van der Waals surface area (Å²) < 4.78 is 35.3. The standard InChI is InChI=1S/C12H14F2O4/c13-12(14,17-7-8-4-5-8)18-10-3-1-2-9(6-10)11(15)16/h1-3,6,8,11,15-16H,4-5,7H2. The molecule has 0 bridgehead atoms. The fourth-order valence-corrected chi connectivity index (χ4v) is 1.40. The Morgan fingerprint density at radius 2 is 2.06 bits per heavy atom. The van der Waals surface area contributed by atoms with Gasteiger partial charge in [0.25, 0.3) is 0 Å². The lowest BCUT2D eigenvalue weighted by Gasteiger charge is -2.18. The Balaban J connectivity index is 1.95. The molecule has 100 valence electrons. The second-order valence-corrected chi connectivity index (χ2v) is 4.27. The molecular formula is C12H14F2O4. The second kappa shape index (κ2) is 5.17. The molecular weight excluding hydrogens is 246 g/mol. The van der Waals surface area contributed by atoms with Crippen molar-refractivity contribution in [2.45, 2.75) is 25.4 Å². The average molecular weight is 260 g/mol. The third-order valence-corrected chi connectivity index (χ3v) is 2.58. The molecule has 4 nitrogen and oxygen atoms in total. The van der Waals surface area contributed by atoms with E-state index in [-0.39, 0.29) is 23.8 Å². The molecule has 18 heavy (non-hydrogen) atoms. The van der Waals surface area contributed by atoms with Gasteiger partial charge in [-0.05, 0) is 30.9 Å². The molecule has 0 spiro atoms. The zero-order valence-corrected chi connectivity index (χ0v) is 9.55. The molecule has 0 saturated heterocycles. The van der Waals surface area contributed by atoms with Crippen molar-refractivity contribution >= 4 is 0 Å². The summed E-state index contributed by atoms with van der Waals surface area (Å²) in [5, 5.41) is 17.8. The van der Waals surface area contributed by atoms with Crippen LogP contribution in [0.15, 0.2) is 24.3 Å². The Morgan fingerprint density at radius 1 is 1.33 bits per heavy atom. The molecule has 0 amide bonds. The second-order valence-electron chi connectivity index (χ2n) is 4.27. The predicted molar refractivity (Wildman–Crippen MR) is 57.9 cm³/mol. The summed E-state index contributed by atoms with van der Waals surface area (Å²) in [4.78, 5) is 0. The van der Waals surface area contributed by atoms with Gasteiger partial charge in [0, 0.05) is 5.56 Å². The molecule has 1 aliphatic rings. The van der Waals surface area contributed by atoms with Gasteiger partial charge in [0.1, 0.15) is 5.75 Å². The first-order chi connectivity index (χ1) is 8.46. The van der Waals surface area contributed by atoms with Crippen molar-refractivity contribution in [1.29, 1.82) is 0 Å². The molecule has 0 heterocycles. The molecule has 2 rings (SSSR count). The highest BCUT2D eigenvalue weighted by Gasteiger charge is 2.36. The number of ether oxygens (including phenoxy) is 2. The van der Waals surface area contributed by atoms with Gasteiger partial charge in [-0.2, -0.15) is 0 Å². The Bertz CT molecular complexity index is 405. The van der Waals surface area contributed by atoms with Gasteiger partial charge in [0.05, 0.1) is 6.61 Å². The number of aliphatic hydroxyl groups is 2. The van der Waals surface area contributed by atoms with E-state index in [0.717, 1.165) is 18.9 Å². The molecule has 0 radical (unpaired) electrons. The van der Waals surface area contributed by atoms with Crippen LogP contribution in [-0.2, 0) is 4.74 Å². The predicted octanol–water partition coefficient (Wildman–Crippen LogP) is 2.03. The Kier molecular flexibility index (Phi) is 3.79. The van der Waals surface area contributed by atoms with Crippen LogP contribution in [0.2, 0.25) is 0 Å². The quantitative estimate of drug-likeness (QED) is 0.768. The van der Waals surface area contributed by atoms with Crippen LogP contribution in [0, 0.1) is 5.92 Å². The van der Waals surface area contributed by atoms with Gasteiger partial charge in [0.15, 0.2) is 6.29 Å². The number of hydrogen-bond acceptors (Lipinski definition) is 4. The van der Waals surface area contributed by atoms with Crippen LogP contribution >= 0.6 is 0 Å². The topological polar surface area (TPSA) is 58.9 Å². The van der Waals surface area contributed by atoms with Crippen molar-refractivity contribution in [3.05, 3.63) is 29.8 Å². The van der Waals surface area contributed by atoms with E-state index in [9.17, 15) is 8.78 Å². The normalized spacial score (nSPS) is 16.1. The van der Waals surface area contributed by atoms with E-state index in [1.807, 2.05) is 0 Å². The SMILES string of the molecule is OC(O)c1cccc(OC(F)(F)OCC2CC2)c1. The summed E-state index contributed by atoms with van der Waals surface area (Å²) in [5.41, 5.74) is 0.0745. The van der Waals surface area contributed by atoms with E-state index in [0.29, 0.717) is 0 Å². The van der Waals surface area contributed by atoms with E-state index >= 15 is 0 Å². The number of hydrogen-bond donors (Lipinski definition) is 2. The van der Waals surface area contributed by atoms with Gasteiger partial charge in [0.2, 0.25) is 0 Å². The fourth-order valence-electron chi connectivity index (χ4n) is 1.40. The van der Waals surface area contributed by atoms with Crippen LogP contribution in [0.1, 0.15) is 24.7 Å². The first kappa shape index (κ1) is 13.2. The molecule has 2 N–H and O–H groups in total. The van der Waals surface area contributed by atoms with Crippen molar-refractivity contribution in [2.75, 3.05) is 6.61 Å². The molecule has 1 aromatic carbocycles. The number of halogens is 2. The van der Waals surface area contributed by atoms with Crippen molar-refractivity contribution in [1.82, 2.24) is 0 Å². The minimum atomic E-state index is -3.71. The number of rotatable bonds is 6. The summed E-state index contributed by atoms with van der Waals surface area (Å²) in [6.45, 7) is -0.0324. The first-order valence-electron chi connectivity index (χ1n) is 5.63. The Labute approximate surface area is 103 Å². The smallest absolute Gasteiger partial charge is 0.409 e. The van der Waals surface area contributed by atoms with E-state index in [1.165, 1.54) is 18.2 Å². The molecule has 0 aliphatic heterocycles. The van der Waals surface area contributed by atoms with Gasteiger partial charge in [-0.1, -0.05) is 12.1 Å². The van der Waals surface area contributed by atoms with Crippen molar-refractivity contribution in [3.8, 4) is 5.75 Å². The third-order valence-electron chi connectivity index (χ3n) is 2.58. The Morgan fingerprint density at radius 3 is 2.67 bits per heavy atom. The number of aliphatic hydroxyl groups excluding tert-OH is 1. The van der Waals surface area contributed by atoms with Crippen molar-refractivity contribution in [2.24, 2.45) is 5.92 Å². The molecule has 0 aromatic heterocycles. The van der Waals surface area contributed by atoms with E-state index in [4.69, 9.17) is 10.2 Å². The largest absolute Gasteiger partial charge is 0.535 e. The highest BCUT2D eigenvalue weighted by Crippen LogP contribution is 2.32. The third kappa shape index (κ3) is 3.90. The highest BCUT2D eigenvalue weighted by molar-refractivity contribution is 5.29. The summed E-state index contributed by atoms with van der Waals surface area (Å²) in [6, 6.07) is 5.20. The highest BCUT2D eigenvalue weighted by atomic mass is 19.3. The monoisotopic (exact) mass is 260 g/mol. The number of benzene rings is 1. The van der Waals surface area contributed by atoms with Crippen molar-refractivity contribution < 1.29 is 28.5 Å².